The molecule has 11 heteroatoms. The standard InChI is InChI=1S/C20H22N2O8S/c1-12(23)30-18-14(27-2)8-13(9-15(18)28-3)10-16-19(25)22(20(26)31-16)11-17(24)21-4-6-29-7-5-21/h8-10H,4-7,11H2,1-3H3/b16-10-. The van der Waals surface area contributed by atoms with E-state index in [4.69, 9.17) is 18.9 Å². The summed E-state index contributed by atoms with van der Waals surface area (Å²) in [7, 11) is 2.80. The van der Waals surface area contributed by atoms with Crippen LogP contribution in [0, 0.1) is 0 Å². The number of hydrogen-bond donors (Lipinski definition) is 0. The number of carbonyl (C=O) groups is 4. The van der Waals surface area contributed by atoms with Crippen molar-refractivity contribution >= 4 is 40.9 Å². The van der Waals surface area contributed by atoms with Gasteiger partial charge in [-0.3, -0.25) is 24.1 Å². The number of thioether (sulfide) groups is 1. The Morgan fingerprint density at radius 2 is 1.74 bits per heavy atom. The molecule has 0 radical (unpaired) electrons. The van der Waals surface area contributed by atoms with E-state index in [1.54, 1.807) is 17.0 Å². The van der Waals surface area contributed by atoms with Gasteiger partial charge in [0.15, 0.2) is 11.5 Å². The number of amides is 3. The van der Waals surface area contributed by atoms with Gasteiger partial charge in [-0.25, -0.2) is 0 Å². The molecule has 10 nitrogen and oxygen atoms in total. The Labute approximate surface area is 183 Å². The Kier molecular flexibility index (Phi) is 7.18. The Morgan fingerprint density at radius 1 is 1.13 bits per heavy atom. The van der Waals surface area contributed by atoms with Crippen molar-refractivity contribution in [3.63, 3.8) is 0 Å². The first-order valence-electron chi connectivity index (χ1n) is 9.39. The average Bonchev–Trinajstić information content (AvgIpc) is 3.01. The predicted octanol–water partition coefficient (Wildman–Crippen LogP) is 1.52. The molecule has 2 aliphatic heterocycles. The van der Waals surface area contributed by atoms with Gasteiger partial charge in [-0.05, 0) is 35.5 Å². The maximum absolute atomic E-state index is 12.7. The molecule has 0 aliphatic carbocycles. The molecule has 0 N–H and O–H groups in total. The molecule has 3 amide bonds. The maximum Gasteiger partial charge on any atom is 0.308 e. The van der Waals surface area contributed by atoms with Crippen molar-refractivity contribution in [1.82, 2.24) is 9.80 Å². The zero-order valence-electron chi connectivity index (χ0n) is 17.3. The van der Waals surface area contributed by atoms with E-state index in [2.05, 4.69) is 0 Å². The highest BCUT2D eigenvalue weighted by atomic mass is 32.2. The van der Waals surface area contributed by atoms with Crippen LogP contribution in [-0.2, 0) is 19.1 Å². The third-order valence-corrected chi connectivity index (χ3v) is 5.46. The lowest BCUT2D eigenvalue weighted by Gasteiger charge is -2.28. The number of benzene rings is 1. The van der Waals surface area contributed by atoms with Crippen molar-refractivity contribution in [2.45, 2.75) is 6.92 Å². The van der Waals surface area contributed by atoms with E-state index in [0.717, 1.165) is 16.7 Å². The highest BCUT2D eigenvalue weighted by Crippen LogP contribution is 2.40. The van der Waals surface area contributed by atoms with Crippen molar-refractivity contribution in [3.05, 3.63) is 22.6 Å². The molecule has 0 saturated carbocycles. The number of carbonyl (C=O) groups excluding carboxylic acids is 4. The van der Waals surface area contributed by atoms with Crippen LogP contribution < -0.4 is 14.2 Å². The van der Waals surface area contributed by atoms with Crippen LogP contribution in [-0.4, -0.2) is 79.9 Å². The molecule has 2 aliphatic rings. The summed E-state index contributed by atoms with van der Waals surface area (Å²) < 4.78 is 20.9. The lowest BCUT2D eigenvalue weighted by molar-refractivity contribution is -0.139. The normalized spacial score (nSPS) is 17.8. The van der Waals surface area contributed by atoms with E-state index in [0.29, 0.717) is 31.9 Å². The van der Waals surface area contributed by atoms with E-state index in [-0.39, 0.29) is 34.6 Å². The first-order chi connectivity index (χ1) is 14.8. The second kappa shape index (κ2) is 9.84. The van der Waals surface area contributed by atoms with Crippen molar-refractivity contribution in [2.24, 2.45) is 0 Å². The summed E-state index contributed by atoms with van der Waals surface area (Å²) in [5.74, 6) is -0.848. The Morgan fingerprint density at radius 3 is 2.29 bits per heavy atom. The zero-order valence-corrected chi connectivity index (χ0v) is 18.2. The van der Waals surface area contributed by atoms with Gasteiger partial charge in [0.2, 0.25) is 11.7 Å². The molecule has 0 unspecified atom stereocenters. The van der Waals surface area contributed by atoms with Gasteiger partial charge in [-0.2, -0.15) is 0 Å². The summed E-state index contributed by atoms with van der Waals surface area (Å²) >= 11 is 0.743. The number of methoxy groups -OCH3 is 2. The summed E-state index contributed by atoms with van der Waals surface area (Å²) in [6, 6.07) is 3.10. The van der Waals surface area contributed by atoms with Crippen LogP contribution in [0.25, 0.3) is 6.08 Å². The van der Waals surface area contributed by atoms with Gasteiger partial charge >= 0.3 is 5.97 Å². The van der Waals surface area contributed by atoms with Crippen molar-refractivity contribution in [2.75, 3.05) is 47.1 Å². The van der Waals surface area contributed by atoms with Gasteiger partial charge in [0.05, 0.1) is 32.3 Å². The van der Waals surface area contributed by atoms with Crippen LogP contribution in [0.3, 0.4) is 0 Å². The first kappa shape index (κ1) is 22.6. The largest absolute Gasteiger partial charge is 0.493 e. The minimum atomic E-state index is -0.557. The number of imide groups is 1. The van der Waals surface area contributed by atoms with Crippen molar-refractivity contribution < 1.29 is 38.1 Å². The van der Waals surface area contributed by atoms with Crippen LogP contribution in [0.4, 0.5) is 4.79 Å². The van der Waals surface area contributed by atoms with Crippen LogP contribution in [0.2, 0.25) is 0 Å². The third kappa shape index (κ3) is 5.17. The highest BCUT2D eigenvalue weighted by Gasteiger charge is 2.37. The quantitative estimate of drug-likeness (QED) is 0.362. The fourth-order valence-electron chi connectivity index (χ4n) is 3.06. The zero-order chi connectivity index (χ0) is 22.5. The van der Waals surface area contributed by atoms with Gasteiger partial charge in [-0.15, -0.1) is 0 Å². The molecule has 0 bridgehead atoms. The Bertz CT molecular complexity index is 914. The first-order valence-corrected chi connectivity index (χ1v) is 10.2. The van der Waals surface area contributed by atoms with Gasteiger partial charge < -0.3 is 23.8 Å². The SMILES string of the molecule is COc1cc(/C=C2\SC(=O)N(CC(=O)N3CCOCC3)C2=O)cc(OC)c1OC(C)=O. The average molecular weight is 450 g/mol. The molecule has 166 valence electrons. The van der Waals surface area contributed by atoms with E-state index in [1.807, 2.05) is 0 Å². The Hall–Kier alpha value is -3.05. The topological polar surface area (TPSA) is 112 Å². The molecule has 2 heterocycles. The molecule has 3 rings (SSSR count). The summed E-state index contributed by atoms with van der Waals surface area (Å²) in [4.78, 5) is 51.5. The summed E-state index contributed by atoms with van der Waals surface area (Å²) in [5, 5.41) is -0.520. The van der Waals surface area contributed by atoms with Crippen molar-refractivity contribution in [1.29, 1.82) is 0 Å². The molecule has 1 aromatic rings. The second-order valence-electron chi connectivity index (χ2n) is 6.61. The molecule has 2 fully saturated rings. The van der Waals surface area contributed by atoms with Gasteiger partial charge in [0.1, 0.15) is 6.54 Å². The number of rotatable bonds is 6. The molecule has 0 atom stereocenters. The molecule has 2 saturated heterocycles. The number of morpholine rings is 1. The number of esters is 1. The lowest BCUT2D eigenvalue weighted by atomic mass is 10.1. The third-order valence-electron chi connectivity index (χ3n) is 4.56. The summed E-state index contributed by atoms with van der Waals surface area (Å²) in [6.07, 6.45) is 1.49. The monoisotopic (exact) mass is 450 g/mol. The Balaban J connectivity index is 1.82. The fraction of sp³-hybridized carbons (Fsp3) is 0.400. The predicted molar refractivity (Wildman–Crippen MR) is 111 cm³/mol. The van der Waals surface area contributed by atoms with Crippen LogP contribution >= 0.6 is 11.8 Å². The number of nitrogens with zero attached hydrogens (tertiary/aromatic N) is 2. The lowest BCUT2D eigenvalue weighted by Crippen LogP contribution is -2.46. The van der Waals surface area contributed by atoms with Gasteiger partial charge in [0.25, 0.3) is 11.1 Å². The van der Waals surface area contributed by atoms with Crippen molar-refractivity contribution in [3.8, 4) is 17.2 Å². The highest BCUT2D eigenvalue weighted by molar-refractivity contribution is 8.18. The van der Waals surface area contributed by atoms with Crippen LogP contribution in [0.5, 0.6) is 17.2 Å². The van der Waals surface area contributed by atoms with E-state index in [9.17, 15) is 19.2 Å². The molecule has 1 aromatic carbocycles. The molecule has 0 aromatic heterocycles. The molecular weight excluding hydrogens is 428 g/mol. The van der Waals surface area contributed by atoms with E-state index < -0.39 is 17.1 Å². The maximum atomic E-state index is 12.7. The summed E-state index contributed by atoms with van der Waals surface area (Å²) in [6.45, 7) is 2.65. The minimum absolute atomic E-state index is 0.110. The van der Waals surface area contributed by atoms with E-state index >= 15 is 0 Å². The smallest absolute Gasteiger partial charge is 0.308 e. The van der Waals surface area contributed by atoms with Gasteiger partial charge in [-0.1, -0.05) is 0 Å². The number of ether oxygens (including phenoxy) is 4. The summed E-state index contributed by atoms with van der Waals surface area (Å²) in [5.41, 5.74) is 0.495. The fourth-order valence-corrected chi connectivity index (χ4v) is 3.90. The van der Waals surface area contributed by atoms with Gasteiger partial charge in [0, 0.05) is 20.0 Å². The molecule has 0 spiro atoms. The minimum Gasteiger partial charge on any atom is -0.493 e. The number of hydrogen-bond acceptors (Lipinski definition) is 9. The molecule has 31 heavy (non-hydrogen) atoms. The second-order valence-corrected chi connectivity index (χ2v) is 7.60. The van der Waals surface area contributed by atoms with Crippen LogP contribution in [0.1, 0.15) is 12.5 Å². The van der Waals surface area contributed by atoms with E-state index in [1.165, 1.54) is 27.2 Å². The van der Waals surface area contributed by atoms with Crippen LogP contribution in [0.15, 0.2) is 17.0 Å². The molecular formula is C20H22N2O8S.